The molecule has 1 spiro atoms. The van der Waals surface area contributed by atoms with Crippen LogP contribution in [0.5, 0.6) is 0 Å². The maximum absolute atomic E-state index is 11.8. The van der Waals surface area contributed by atoms with Gasteiger partial charge in [-0.25, -0.2) is 13.2 Å². The largest absolute Gasteiger partial charge is 0.450 e. The van der Waals surface area contributed by atoms with Crippen molar-refractivity contribution >= 4 is 15.9 Å². The fourth-order valence-electron chi connectivity index (χ4n) is 3.26. The zero-order valence-electron chi connectivity index (χ0n) is 16.3. The molecule has 1 aromatic rings. The van der Waals surface area contributed by atoms with Crippen LogP contribution in [0.25, 0.3) is 0 Å². The van der Waals surface area contributed by atoms with E-state index in [1.807, 2.05) is 0 Å². The molecule has 3 rings (SSSR count). The molecular formula is C19H27NO7S. The number of rotatable bonds is 5. The number of likely N-dealkylation sites (tertiary alicyclic amines) is 1. The van der Waals surface area contributed by atoms with Crippen molar-refractivity contribution in [2.24, 2.45) is 0 Å². The molecule has 2 saturated heterocycles. The third-order valence-electron chi connectivity index (χ3n) is 4.95. The molecule has 2 aliphatic rings. The van der Waals surface area contributed by atoms with E-state index in [9.17, 15) is 13.2 Å². The Morgan fingerprint density at radius 2 is 1.79 bits per heavy atom. The summed E-state index contributed by atoms with van der Waals surface area (Å²) in [7, 11) is -3.20. The second-order valence-electron chi connectivity index (χ2n) is 7.07. The van der Waals surface area contributed by atoms with Crippen molar-refractivity contribution in [3.05, 3.63) is 29.8 Å². The number of hydrogen-bond acceptors (Lipinski definition) is 7. The Hall–Kier alpha value is -1.68. The maximum atomic E-state index is 11.8. The van der Waals surface area contributed by atoms with Gasteiger partial charge in [0.2, 0.25) is 0 Å². The van der Waals surface area contributed by atoms with E-state index in [2.05, 4.69) is 0 Å². The lowest BCUT2D eigenvalue weighted by Gasteiger charge is -2.44. The number of carbonyl (C=O) groups is 1. The van der Waals surface area contributed by atoms with Gasteiger partial charge >= 0.3 is 6.09 Å². The number of sulfone groups is 1. The van der Waals surface area contributed by atoms with Gasteiger partial charge in [-0.05, 0) is 24.6 Å². The third-order valence-corrected chi connectivity index (χ3v) is 6.08. The number of nitrogens with zero attached hydrogens (tertiary/aromatic N) is 1. The highest BCUT2D eigenvalue weighted by atomic mass is 32.2. The van der Waals surface area contributed by atoms with Gasteiger partial charge in [0, 0.05) is 32.2 Å². The fourth-order valence-corrected chi connectivity index (χ4v) is 3.89. The zero-order chi connectivity index (χ0) is 20.2. The van der Waals surface area contributed by atoms with Crippen LogP contribution in [0.3, 0.4) is 0 Å². The highest BCUT2D eigenvalue weighted by Gasteiger charge is 2.42. The Labute approximate surface area is 165 Å². The smallest absolute Gasteiger partial charge is 0.409 e. The van der Waals surface area contributed by atoms with Crippen LogP contribution in [0, 0.1) is 0 Å². The number of piperidine rings is 1. The van der Waals surface area contributed by atoms with Gasteiger partial charge in [-0.3, -0.25) is 0 Å². The normalized spacial score (nSPS) is 20.3. The Balaban J connectivity index is 1.43. The molecule has 2 aliphatic heterocycles. The van der Waals surface area contributed by atoms with E-state index < -0.39 is 15.6 Å². The third kappa shape index (κ3) is 5.22. The van der Waals surface area contributed by atoms with Crippen LogP contribution in [-0.2, 0) is 35.4 Å². The summed E-state index contributed by atoms with van der Waals surface area (Å²) in [4.78, 5) is 13.7. The number of carbonyl (C=O) groups excluding carboxylic acids is 1. The number of ether oxygens (including phenoxy) is 4. The Morgan fingerprint density at radius 1 is 1.18 bits per heavy atom. The van der Waals surface area contributed by atoms with Gasteiger partial charge in [-0.15, -0.1) is 0 Å². The molecule has 2 fully saturated rings. The summed E-state index contributed by atoms with van der Waals surface area (Å²) < 4.78 is 45.8. The van der Waals surface area contributed by atoms with Crippen LogP contribution in [0.15, 0.2) is 29.2 Å². The van der Waals surface area contributed by atoms with Crippen molar-refractivity contribution in [2.75, 3.05) is 39.2 Å². The van der Waals surface area contributed by atoms with E-state index >= 15 is 0 Å². The standard InChI is InChI=1S/C19H27NO7S/c1-3-24-18(21)20-10-8-19(9-11-20)26-13-16(14-27-19)25-12-15-4-6-17(7-5-15)28(2,22)23/h4-7,16H,3,8-14H2,1-2H3. The molecule has 1 amide bonds. The molecule has 9 heteroatoms. The molecule has 2 heterocycles. The van der Waals surface area contributed by atoms with Crippen molar-refractivity contribution in [2.45, 2.75) is 43.2 Å². The van der Waals surface area contributed by atoms with Crippen molar-refractivity contribution < 1.29 is 32.2 Å². The molecule has 0 aliphatic carbocycles. The molecule has 0 aromatic heterocycles. The van der Waals surface area contributed by atoms with E-state index in [1.165, 1.54) is 6.26 Å². The molecule has 8 nitrogen and oxygen atoms in total. The lowest BCUT2D eigenvalue weighted by molar-refractivity contribution is -0.311. The minimum absolute atomic E-state index is 0.191. The number of benzene rings is 1. The van der Waals surface area contributed by atoms with Gasteiger partial charge in [0.25, 0.3) is 0 Å². The molecule has 0 saturated carbocycles. The van der Waals surface area contributed by atoms with Crippen LogP contribution in [0.1, 0.15) is 25.3 Å². The summed E-state index contributed by atoms with van der Waals surface area (Å²) in [5.74, 6) is -0.653. The predicted octanol–water partition coefficient (Wildman–Crippen LogP) is 1.97. The monoisotopic (exact) mass is 413 g/mol. The minimum atomic E-state index is -3.20. The van der Waals surface area contributed by atoms with Crippen LogP contribution < -0.4 is 0 Å². The van der Waals surface area contributed by atoms with E-state index in [1.54, 1.807) is 36.1 Å². The minimum Gasteiger partial charge on any atom is -0.450 e. The van der Waals surface area contributed by atoms with E-state index in [4.69, 9.17) is 18.9 Å². The first-order chi connectivity index (χ1) is 13.3. The Bertz CT molecular complexity index is 760. The second-order valence-corrected chi connectivity index (χ2v) is 9.08. The van der Waals surface area contributed by atoms with Gasteiger partial charge in [0.1, 0.15) is 6.10 Å². The first kappa shape index (κ1) is 21.0. The molecule has 0 atom stereocenters. The number of amides is 1. The van der Waals surface area contributed by atoms with Gasteiger partial charge in [-0.1, -0.05) is 12.1 Å². The molecule has 156 valence electrons. The van der Waals surface area contributed by atoms with E-state index in [-0.39, 0.29) is 17.1 Å². The van der Waals surface area contributed by atoms with Gasteiger partial charge in [-0.2, -0.15) is 0 Å². The van der Waals surface area contributed by atoms with Gasteiger partial charge in [0.05, 0.1) is 31.3 Å². The van der Waals surface area contributed by atoms with Crippen molar-refractivity contribution in [1.29, 1.82) is 0 Å². The molecule has 0 bridgehead atoms. The average Bonchev–Trinajstić information content (AvgIpc) is 2.68. The molecule has 0 radical (unpaired) electrons. The van der Waals surface area contributed by atoms with Crippen molar-refractivity contribution in [3.63, 3.8) is 0 Å². The van der Waals surface area contributed by atoms with Crippen LogP contribution in [0.4, 0.5) is 4.79 Å². The average molecular weight is 413 g/mol. The molecule has 28 heavy (non-hydrogen) atoms. The lowest BCUT2D eigenvalue weighted by Crippen LogP contribution is -2.54. The summed E-state index contributed by atoms with van der Waals surface area (Å²) in [6, 6.07) is 6.64. The zero-order valence-corrected chi connectivity index (χ0v) is 17.1. The molecular weight excluding hydrogens is 386 g/mol. The summed E-state index contributed by atoms with van der Waals surface area (Å²) in [5, 5.41) is 0. The summed E-state index contributed by atoms with van der Waals surface area (Å²) >= 11 is 0. The highest BCUT2D eigenvalue weighted by Crippen LogP contribution is 2.31. The van der Waals surface area contributed by atoms with Crippen molar-refractivity contribution in [3.8, 4) is 0 Å². The van der Waals surface area contributed by atoms with E-state index in [0.717, 1.165) is 5.56 Å². The fraction of sp³-hybridized carbons (Fsp3) is 0.632. The molecule has 1 aromatic carbocycles. The van der Waals surface area contributed by atoms with Crippen molar-refractivity contribution in [1.82, 2.24) is 4.90 Å². The lowest BCUT2D eigenvalue weighted by atomic mass is 10.0. The SMILES string of the molecule is CCOC(=O)N1CCC2(CC1)OCC(OCc1ccc(S(C)(=O)=O)cc1)CO2. The Morgan fingerprint density at radius 3 is 2.32 bits per heavy atom. The summed E-state index contributed by atoms with van der Waals surface area (Å²) in [5.41, 5.74) is 0.885. The van der Waals surface area contributed by atoms with E-state index in [0.29, 0.717) is 52.4 Å². The van der Waals surface area contributed by atoms with Gasteiger partial charge in [0.15, 0.2) is 15.6 Å². The highest BCUT2D eigenvalue weighted by molar-refractivity contribution is 7.90. The quantitative estimate of drug-likeness (QED) is 0.729. The van der Waals surface area contributed by atoms with Crippen LogP contribution in [-0.4, -0.2) is 70.5 Å². The van der Waals surface area contributed by atoms with Gasteiger partial charge < -0.3 is 23.8 Å². The predicted molar refractivity (Wildman–Crippen MR) is 101 cm³/mol. The summed E-state index contributed by atoms with van der Waals surface area (Å²) in [6.45, 7) is 4.42. The molecule has 0 unspecified atom stereocenters. The first-order valence-electron chi connectivity index (χ1n) is 9.41. The second kappa shape index (κ2) is 8.77. The molecule has 0 N–H and O–H groups in total. The number of hydrogen-bond donors (Lipinski definition) is 0. The van der Waals surface area contributed by atoms with Crippen LogP contribution >= 0.6 is 0 Å². The topological polar surface area (TPSA) is 91.4 Å². The first-order valence-corrected chi connectivity index (χ1v) is 11.3. The Kier molecular flexibility index (Phi) is 6.59. The van der Waals surface area contributed by atoms with Crippen LogP contribution in [0.2, 0.25) is 0 Å². The maximum Gasteiger partial charge on any atom is 0.409 e. The summed E-state index contributed by atoms with van der Waals surface area (Å²) in [6.07, 6.45) is 1.90.